The summed E-state index contributed by atoms with van der Waals surface area (Å²) in [6.07, 6.45) is -4.14. The highest BCUT2D eigenvalue weighted by Gasteiger charge is 2.60. The van der Waals surface area contributed by atoms with E-state index in [1.165, 1.54) is 16.6 Å². The van der Waals surface area contributed by atoms with E-state index in [0.29, 0.717) is 5.76 Å². The van der Waals surface area contributed by atoms with Crippen LogP contribution in [0.2, 0.25) is 0 Å². The number of carbonyl (C=O) groups excluding carboxylic acids is 3. The van der Waals surface area contributed by atoms with Gasteiger partial charge in [0, 0.05) is 6.42 Å². The number of nitrogens with zero attached hydrogens (tertiary/aromatic N) is 4. The van der Waals surface area contributed by atoms with Crippen LogP contribution in [-0.2, 0) is 38.9 Å². The number of aliphatic hydroxyl groups excluding tert-OH is 1. The Kier molecular flexibility index (Phi) is 9.53. The van der Waals surface area contributed by atoms with E-state index in [-0.39, 0.29) is 30.2 Å². The van der Waals surface area contributed by atoms with Crippen molar-refractivity contribution in [1.29, 1.82) is 5.26 Å². The fraction of sp³-hybridized carbons (Fsp3) is 0.538. The van der Waals surface area contributed by atoms with E-state index in [4.69, 9.17) is 29.4 Å². The number of aromatic nitrogens is 3. The van der Waals surface area contributed by atoms with Crippen molar-refractivity contribution in [1.82, 2.24) is 14.6 Å². The number of hydrogen-bond donors (Lipinski definition) is 3. The molecule has 0 aliphatic carbocycles. The number of anilines is 1. The average molecular weight is 575 g/mol. The molecule has 0 spiro atoms. The molecule has 1 aliphatic rings. The zero-order valence-electron chi connectivity index (χ0n) is 23.4. The lowest BCUT2D eigenvalue weighted by molar-refractivity contribution is -0.161. The molecule has 0 bridgehead atoms. The highest BCUT2D eigenvalue weighted by atomic mass is 16.7. The minimum Gasteiger partial charge on any atom is -0.463 e. The molecule has 4 N–H and O–H groups in total. The van der Waals surface area contributed by atoms with Crippen LogP contribution >= 0.6 is 0 Å². The maximum absolute atomic E-state index is 12.6. The molecule has 15 heteroatoms. The van der Waals surface area contributed by atoms with Gasteiger partial charge < -0.3 is 34.5 Å². The lowest BCUT2D eigenvalue weighted by Gasteiger charge is -2.26. The van der Waals surface area contributed by atoms with Gasteiger partial charge in [-0.15, -0.1) is 0 Å². The summed E-state index contributed by atoms with van der Waals surface area (Å²) in [6.45, 7) is 11.1. The van der Waals surface area contributed by atoms with Crippen molar-refractivity contribution in [2.75, 3.05) is 18.7 Å². The van der Waals surface area contributed by atoms with E-state index in [2.05, 4.69) is 22.0 Å². The lowest BCUT2D eigenvalue weighted by Crippen LogP contribution is -2.45. The average Bonchev–Trinajstić information content (AvgIpc) is 3.46. The number of fused-ring (bicyclic) bond motifs is 1. The first kappa shape index (κ1) is 31.3. The number of rotatable bonds is 10. The molecule has 1 amide bonds. The lowest BCUT2D eigenvalue weighted by atomic mass is 9.87. The van der Waals surface area contributed by atoms with Crippen LogP contribution in [0.15, 0.2) is 30.8 Å². The van der Waals surface area contributed by atoms with Gasteiger partial charge in [-0.25, -0.2) is 14.3 Å². The number of nitrogens with two attached hydrogens (primary N) is 1. The first-order valence-electron chi connectivity index (χ1n) is 12.7. The Morgan fingerprint density at radius 3 is 2.63 bits per heavy atom. The molecule has 1 saturated heterocycles. The largest absolute Gasteiger partial charge is 0.463 e. The second-order valence-electron chi connectivity index (χ2n) is 10.4. The molecule has 2 aromatic heterocycles. The van der Waals surface area contributed by atoms with E-state index in [1.807, 2.05) is 6.07 Å². The smallest absolute Gasteiger partial charge is 0.415 e. The van der Waals surface area contributed by atoms with Crippen LogP contribution in [-0.4, -0.2) is 75.5 Å². The third-order valence-corrected chi connectivity index (χ3v) is 6.28. The number of esters is 2. The quantitative estimate of drug-likeness (QED) is 0.159. The molecular formula is C26H34N6O9. The van der Waals surface area contributed by atoms with Crippen LogP contribution in [0.1, 0.15) is 46.7 Å². The Bertz CT molecular complexity index is 1350. The number of carbonyl (C=O) groups is 3. The van der Waals surface area contributed by atoms with E-state index in [1.54, 1.807) is 34.6 Å². The molecule has 41 heavy (non-hydrogen) atoms. The molecule has 0 saturated carbocycles. The number of amides is 1. The van der Waals surface area contributed by atoms with Crippen LogP contribution in [0.5, 0.6) is 0 Å². The van der Waals surface area contributed by atoms with Crippen molar-refractivity contribution in [2.45, 2.75) is 71.0 Å². The second kappa shape index (κ2) is 12.5. The Balaban J connectivity index is 1.92. The van der Waals surface area contributed by atoms with Gasteiger partial charge in [0.25, 0.3) is 0 Å². The number of hydrogen-bond acceptors (Lipinski definition) is 13. The predicted octanol–water partition coefficient (Wildman–Crippen LogP) is 1.50. The summed E-state index contributed by atoms with van der Waals surface area (Å²) in [5.74, 6) is -1.04. The molecule has 3 rings (SSSR count). The molecule has 0 unspecified atom stereocenters. The minimum atomic E-state index is -2.13. The molecular weight excluding hydrogens is 540 g/mol. The molecule has 1 aliphatic heterocycles. The van der Waals surface area contributed by atoms with Crippen molar-refractivity contribution >= 4 is 29.4 Å². The van der Waals surface area contributed by atoms with Gasteiger partial charge in [-0.1, -0.05) is 34.3 Å². The number of allylic oxidation sites excluding steroid dienone is 1. The van der Waals surface area contributed by atoms with E-state index in [9.17, 15) is 24.8 Å². The van der Waals surface area contributed by atoms with Crippen molar-refractivity contribution in [3.8, 4) is 6.07 Å². The molecule has 3 heterocycles. The Labute approximate surface area is 236 Å². The van der Waals surface area contributed by atoms with E-state index in [0.717, 1.165) is 6.33 Å². The summed E-state index contributed by atoms with van der Waals surface area (Å²) in [7, 11) is 0. The fourth-order valence-electron chi connectivity index (χ4n) is 3.91. The van der Waals surface area contributed by atoms with Gasteiger partial charge in [-0.3, -0.25) is 14.9 Å². The third-order valence-electron chi connectivity index (χ3n) is 6.28. The van der Waals surface area contributed by atoms with Gasteiger partial charge in [0.15, 0.2) is 11.9 Å². The molecule has 0 aromatic carbocycles. The number of nitriles is 1. The minimum absolute atomic E-state index is 0.0164. The van der Waals surface area contributed by atoms with Gasteiger partial charge in [0.2, 0.25) is 12.4 Å². The Morgan fingerprint density at radius 1 is 1.32 bits per heavy atom. The van der Waals surface area contributed by atoms with Gasteiger partial charge in [0.05, 0.1) is 11.5 Å². The maximum Gasteiger partial charge on any atom is 0.415 e. The zero-order valence-corrected chi connectivity index (χ0v) is 23.4. The van der Waals surface area contributed by atoms with Crippen molar-refractivity contribution in [2.24, 2.45) is 11.1 Å². The normalized spacial score (nSPS) is 22.8. The molecule has 0 radical (unpaired) electrons. The van der Waals surface area contributed by atoms with Crippen LogP contribution < -0.4 is 11.1 Å². The molecule has 2 aromatic rings. The Morgan fingerprint density at radius 2 is 2.02 bits per heavy atom. The zero-order chi connectivity index (χ0) is 30.5. The van der Waals surface area contributed by atoms with Crippen molar-refractivity contribution < 1.29 is 43.2 Å². The van der Waals surface area contributed by atoms with Crippen molar-refractivity contribution in [3.63, 3.8) is 0 Å². The summed E-state index contributed by atoms with van der Waals surface area (Å²) in [5.41, 5.74) is 3.51. The van der Waals surface area contributed by atoms with Crippen molar-refractivity contribution in [3.05, 3.63) is 36.5 Å². The Hall–Kier alpha value is -4.26. The van der Waals surface area contributed by atoms with Crippen LogP contribution in [0.4, 0.5) is 10.6 Å². The molecule has 15 nitrogen and oxygen atoms in total. The number of aliphatic hydroxyl groups is 1. The monoisotopic (exact) mass is 574 g/mol. The maximum atomic E-state index is 12.6. The molecule has 222 valence electrons. The fourth-order valence-corrected chi connectivity index (χ4v) is 3.91. The second-order valence-corrected chi connectivity index (χ2v) is 10.4. The molecule has 5 atom stereocenters. The third kappa shape index (κ3) is 6.73. The highest BCUT2D eigenvalue weighted by molar-refractivity contribution is 5.88. The van der Waals surface area contributed by atoms with Crippen LogP contribution in [0, 0.1) is 16.7 Å². The van der Waals surface area contributed by atoms with Crippen LogP contribution in [0.25, 0.3) is 5.52 Å². The topological polar surface area (TPSA) is 210 Å². The predicted molar refractivity (Wildman–Crippen MR) is 141 cm³/mol. The van der Waals surface area contributed by atoms with E-state index >= 15 is 0 Å². The standard InChI is InChI=1S/C26H34N6O9/c1-7-18(33)40-19-16(10-37-23(35)20(28)25(4,5)6)41-26(11-27,21(19)34)17-9-8-15-22(29-12-30-32(15)17)31-24(36)39-13-38-14(2)3/h8-9,12,16,19-21,34H,2,7,10,13,28H2,1,3-6H3,(H,29,30,31,36)/t16-,19-,20-,21-,26+/m1/s1. The summed E-state index contributed by atoms with van der Waals surface area (Å²) >= 11 is 0. The SMILES string of the molecule is C=C(C)OCOC(=O)Nc1ncnn2c([C@]3(C#N)O[C@H](COC(=O)[C@@H](N)C(C)(C)C)[C@@H](OC(=O)CC)[C@H]3O)ccc12. The van der Waals surface area contributed by atoms with Gasteiger partial charge in [0.1, 0.15) is 42.8 Å². The first-order valence-corrected chi connectivity index (χ1v) is 12.7. The van der Waals surface area contributed by atoms with E-state index < -0.39 is 60.0 Å². The number of ether oxygens (including phenoxy) is 5. The highest BCUT2D eigenvalue weighted by Crippen LogP contribution is 2.42. The van der Waals surface area contributed by atoms with Crippen LogP contribution in [0.3, 0.4) is 0 Å². The van der Waals surface area contributed by atoms with Gasteiger partial charge >= 0.3 is 18.0 Å². The summed E-state index contributed by atoms with van der Waals surface area (Å²) in [6, 6.07) is 3.90. The summed E-state index contributed by atoms with van der Waals surface area (Å²) in [5, 5.41) is 28.2. The first-order chi connectivity index (χ1) is 19.2. The van der Waals surface area contributed by atoms with Gasteiger partial charge in [-0.05, 0) is 24.5 Å². The number of nitrogens with one attached hydrogen (secondary N) is 1. The molecule has 1 fully saturated rings. The summed E-state index contributed by atoms with van der Waals surface area (Å²) < 4.78 is 27.9. The summed E-state index contributed by atoms with van der Waals surface area (Å²) in [4.78, 5) is 41.0. The van der Waals surface area contributed by atoms with Gasteiger partial charge in [-0.2, -0.15) is 10.4 Å².